The third kappa shape index (κ3) is 3.49. The third-order valence-electron chi connectivity index (χ3n) is 2.90. The monoisotopic (exact) mass is 306 g/mol. The molecule has 1 aromatic heterocycles. The van der Waals surface area contributed by atoms with Crippen molar-refractivity contribution in [1.29, 1.82) is 0 Å². The second kappa shape index (κ2) is 6.84. The molecule has 0 saturated carbocycles. The highest BCUT2D eigenvalue weighted by atomic mass is 19.1. The van der Waals surface area contributed by atoms with Crippen molar-refractivity contribution in [2.24, 2.45) is 0 Å². The molecule has 1 heterocycles. The molecule has 0 spiro atoms. The lowest BCUT2D eigenvalue weighted by atomic mass is 10.1. The Kier molecular flexibility index (Phi) is 4.88. The van der Waals surface area contributed by atoms with Crippen LogP contribution in [0.2, 0.25) is 0 Å². The van der Waals surface area contributed by atoms with E-state index in [9.17, 15) is 14.0 Å². The number of methoxy groups -OCH3 is 1. The van der Waals surface area contributed by atoms with Gasteiger partial charge in [0.05, 0.1) is 19.4 Å². The van der Waals surface area contributed by atoms with Gasteiger partial charge in [-0.25, -0.2) is 9.07 Å². The average Bonchev–Trinajstić information content (AvgIpc) is 2.50. The normalized spacial score (nSPS) is 10.3. The number of halogens is 1. The predicted octanol–water partition coefficient (Wildman–Crippen LogP) is 1.62. The number of esters is 1. The smallest absolute Gasteiger partial charge is 0.327 e. The van der Waals surface area contributed by atoms with Crippen LogP contribution in [0, 0.1) is 5.82 Å². The highest BCUT2D eigenvalue weighted by Gasteiger charge is 2.12. The minimum atomic E-state index is -0.579. The quantitative estimate of drug-likeness (QED) is 0.785. The summed E-state index contributed by atoms with van der Waals surface area (Å²) in [6, 6.07) is 6.93. The molecule has 0 amide bonds. The first-order chi connectivity index (χ1) is 10.5. The Labute approximate surface area is 126 Å². The number of ether oxygens (including phenoxy) is 2. The number of carbonyl (C=O) groups is 1. The topological polar surface area (TPSA) is 70.4 Å². The SMILES string of the molecule is CCOC(=O)Cn1nc(-c2ccc(OC)cc2F)ccc1=O. The van der Waals surface area contributed by atoms with Crippen molar-refractivity contribution in [1.82, 2.24) is 9.78 Å². The second-order valence-corrected chi connectivity index (χ2v) is 4.37. The van der Waals surface area contributed by atoms with Crippen LogP contribution in [-0.4, -0.2) is 29.5 Å². The van der Waals surface area contributed by atoms with Crippen LogP contribution < -0.4 is 10.3 Å². The molecule has 22 heavy (non-hydrogen) atoms. The van der Waals surface area contributed by atoms with Crippen molar-refractivity contribution in [2.45, 2.75) is 13.5 Å². The van der Waals surface area contributed by atoms with Crippen molar-refractivity contribution < 1.29 is 18.7 Å². The molecule has 1 aromatic carbocycles. The number of hydrogen-bond donors (Lipinski definition) is 0. The first kappa shape index (κ1) is 15.7. The molecule has 2 aromatic rings. The largest absolute Gasteiger partial charge is 0.497 e. The molecule has 0 fully saturated rings. The van der Waals surface area contributed by atoms with Crippen LogP contribution in [0.25, 0.3) is 11.3 Å². The summed E-state index contributed by atoms with van der Waals surface area (Å²) in [6.07, 6.45) is 0. The van der Waals surface area contributed by atoms with E-state index in [1.165, 1.54) is 31.4 Å². The van der Waals surface area contributed by atoms with Crippen molar-refractivity contribution >= 4 is 5.97 Å². The Morgan fingerprint density at radius 1 is 1.32 bits per heavy atom. The molecule has 6 nitrogen and oxygen atoms in total. The van der Waals surface area contributed by atoms with Gasteiger partial charge < -0.3 is 9.47 Å². The zero-order chi connectivity index (χ0) is 16.1. The van der Waals surface area contributed by atoms with Gasteiger partial charge in [0.2, 0.25) is 0 Å². The van der Waals surface area contributed by atoms with Gasteiger partial charge in [-0.1, -0.05) is 0 Å². The third-order valence-corrected chi connectivity index (χ3v) is 2.90. The maximum atomic E-state index is 14.0. The van der Waals surface area contributed by atoms with Gasteiger partial charge >= 0.3 is 5.97 Å². The number of aromatic nitrogens is 2. The van der Waals surface area contributed by atoms with Crippen molar-refractivity contribution in [3.63, 3.8) is 0 Å². The van der Waals surface area contributed by atoms with E-state index in [4.69, 9.17) is 9.47 Å². The van der Waals surface area contributed by atoms with Gasteiger partial charge in [-0.05, 0) is 25.1 Å². The fourth-order valence-electron chi connectivity index (χ4n) is 1.87. The molecule has 0 radical (unpaired) electrons. The molecular formula is C15H15FN2O4. The summed E-state index contributed by atoms with van der Waals surface area (Å²) in [5.41, 5.74) is -0.0202. The highest BCUT2D eigenvalue weighted by molar-refractivity contribution is 5.69. The minimum absolute atomic E-state index is 0.207. The van der Waals surface area contributed by atoms with E-state index >= 15 is 0 Å². The molecular weight excluding hydrogens is 291 g/mol. The zero-order valence-corrected chi connectivity index (χ0v) is 12.2. The molecule has 0 aliphatic rings. The lowest BCUT2D eigenvalue weighted by Gasteiger charge is -2.08. The van der Waals surface area contributed by atoms with E-state index in [2.05, 4.69) is 5.10 Å². The Morgan fingerprint density at radius 3 is 2.73 bits per heavy atom. The Bertz CT molecular complexity index is 743. The van der Waals surface area contributed by atoms with Crippen LogP contribution in [0.3, 0.4) is 0 Å². The van der Waals surface area contributed by atoms with E-state index in [-0.39, 0.29) is 24.4 Å². The van der Waals surface area contributed by atoms with Crippen molar-refractivity contribution in [3.8, 4) is 17.0 Å². The van der Waals surface area contributed by atoms with Crippen LogP contribution in [-0.2, 0) is 16.1 Å². The Balaban J connectivity index is 2.37. The molecule has 0 unspecified atom stereocenters. The lowest BCUT2D eigenvalue weighted by molar-refractivity contribution is -0.144. The minimum Gasteiger partial charge on any atom is -0.497 e. The van der Waals surface area contributed by atoms with Gasteiger partial charge in [0.25, 0.3) is 5.56 Å². The lowest BCUT2D eigenvalue weighted by Crippen LogP contribution is -2.27. The predicted molar refractivity (Wildman–Crippen MR) is 77.1 cm³/mol. The van der Waals surface area contributed by atoms with E-state index in [0.717, 1.165) is 4.68 Å². The second-order valence-electron chi connectivity index (χ2n) is 4.37. The highest BCUT2D eigenvalue weighted by Crippen LogP contribution is 2.23. The van der Waals surface area contributed by atoms with Crippen LogP contribution >= 0.6 is 0 Å². The fourth-order valence-corrected chi connectivity index (χ4v) is 1.87. The molecule has 0 aliphatic carbocycles. The summed E-state index contributed by atoms with van der Waals surface area (Å²) in [5.74, 6) is -0.737. The molecule has 0 atom stereocenters. The number of nitrogens with zero attached hydrogens (tertiary/aromatic N) is 2. The fraction of sp³-hybridized carbons (Fsp3) is 0.267. The maximum absolute atomic E-state index is 14.0. The first-order valence-corrected chi connectivity index (χ1v) is 6.63. The zero-order valence-electron chi connectivity index (χ0n) is 12.2. The number of hydrogen-bond acceptors (Lipinski definition) is 5. The summed E-state index contributed by atoms with van der Waals surface area (Å²) in [6.45, 7) is 1.55. The van der Waals surface area contributed by atoms with Gasteiger partial charge in [0.1, 0.15) is 18.1 Å². The summed E-state index contributed by atoms with van der Waals surface area (Å²) < 4.78 is 24.7. The van der Waals surface area contributed by atoms with Crippen molar-refractivity contribution in [2.75, 3.05) is 13.7 Å². The summed E-state index contributed by atoms with van der Waals surface area (Å²) in [7, 11) is 1.44. The number of carbonyl (C=O) groups excluding carboxylic acids is 1. The van der Waals surface area contributed by atoms with Crippen LogP contribution in [0.4, 0.5) is 4.39 Å². The molecule has 7 heteroatoms. The van der Waals surface area contributed by atoms with Crippen LogP contribution in [0.1, 0.15) is 6.92 Å². The Hall–Kier alpha value is -2.70. The van der Waals surface area contributed by atoms with Gasteiger partial charge in [-0.2, -0.15) is 5.10 Å². The standard InChI is InChI=1S/C15H15FN2O4/c1-3-22-15(20)9-18-14(19)7-6-13(17-18)11-5-4-10(21-2)8-12(11)16/h4-8H,3,9H2,1-2H3. The number of benzene rings is 1. The van der Waals surface area contributed by atoms with Gasteiger partial charge in [0, 0.05) is 17.7 Å². The number of rotatable bonds is 5. The molecule has 2 rings (SSSR count). The van der Waals surface area contributed by atoms with Gasteiger partial charge in [-0.3, -0.25) is 9.59 Å². The summed E-state index contributed by atoms with van der Waals surface area (Å²) in [5, 5.41) is 4.00. The van der Waals surface area contributed by atoms with Crippen molar-refractivity contribution in [3.05, 3.63) is 46.5 Å². The first-order valence-electron chi connectivity index (χ1n) is 6.63. The van der Waals surface area contributed by atoms with Gasteiger partial charge in [-0.15, -0.1) is 0 Å². The Morgan fingerprint density at radius 2 is 2.09 bits per heavy atom. The van der Waals surface area contributed by atoms with E-state index in [1.54, 1.807) is 13.0 Å². The summed E-state index contributed by atoms with van der Waals surface area (Å²) >= 11 is 0. The van der Waals surface area contributed by atoms with Gasteiger partial charge in [0.15, 0.2) is 0 Å². The molecule has 0 saturated heterocycles. The van der Waals surface area contributed by atoms with E-state index < -0.39 is 17.3 Å². The van der Waals surface area contributed by atoms with E-state index in [0.29, 0.717) is 5.75 Å². The summed E-state index contributed by atoms with van der Waals surface area (Å²) in [4.78, 5) is 23.2. The molecule has 0 bridgehead atoms. The molecule has 0 aliphatic heterocycles. The molecule has 0 N–H and O–H groups in total. The molecule has 116 valence electrons. The van der Waals surface area contributed by atoms with Crippen LogP contribution in [0.15, 0.2) is 35.1 Å². The maximum Gasteiger partial charge on any atom is 0.327 e. The van der Waals surface area contributed by atoms with Crippen LogP contribution in [0.5, 0.6) is 5.75 Å². The average molecular weight is 306 g/mol. The van der Waals surface area contributed by atoms with E-state index in [1.807, 2.05) is 0 Å².